The van der Waals surface area contributed by atoms with Crippen LogP contribution in [-0.4, -0.2) is 88.8 Å². The van der Waals surface area contributed by atoms with Gasteiger partial charge in [0.2, 0.25) is 10.0 Å². The van der Waals surface area contributed by atoms with Crippen molar-refractivity contribution in [3.05, 3.63) is 77.6 Å². The summed E-state index contributed by atoms with van der Waals surface area (Å²) < 4.78 is 60.5. The topological polar surface area (TPSA) is 103 Å². The minimum absolute atomic E-state index is 0.133. The van der Waals surface area contributed by atoms with E-state index in [1.807, 2.05) is 4.90 Å². The Hall–Kier alpha value is -4.29. The number of hydrogen-bond donors (Lipinski definition) is 1. The summed E-state index contributed by atoms with van der Waals surface area (Å²) in [4.78, 5) is 31.0. The molecule has 1 aromatic heterocycles. The molecule has 0 atom stereocenters. The van der Waals surface area contributed by atoms with Crippen molar-refractivity contribution in [2.75, 3.05) is 57.0 Å². The molecule has 1 N–H and O–H groups in total. The van der Waals surface area contributed by atoms with Crippen molar-refractivity contribution in [3.63, 3.8) is 0 Å². The van der Waals surface area contributed by atoms with E-state index in [4.69, 9.17) is 4.42 Å². The van der Waals surface area contributed by atoms with E-state index in [1.165, 1.54) is 50.2 Å². The zero-order valence-corrected chi connectivity index (χ0v) is 25.9. The number of carbonyl (C=O) groups excluding carboxylic acids is 2. The van der Waals surface area contributed by atoms with Crippen LogP contribution in [0.5, 0.6) is 0 Å². The van der Waals surface area contributed by atoms with Gasteiger partial charge in [0, 0.05) is 67.4 Å². The number of amides is 2. The third-order valence-corrected chi connectivity index (χ3v) is 9.59. The molecule has 1 aliphatic carbocycles. The fraction of sp³-hybridized carbons (Fsp3) is 0.333. The molecule has 236 valence electrons. The van der Waals surface area contributed by atoms with Crippen LogP contribution in [0.1, 0.15) is 33.6 Å². The lowest BCUT2D eigenvalue weighted by atomic mass is 9.97. The number of nitrogens with zero attached hydrogens (tertiary/aromatic N) is 3. The van der Waals surface area contributed by atoms with Crippen molar-refractivity contribution in [2.45, 2.75) is 18.9 Å². The monoisotopic (exact) mass is 636 g/mol. The number of rotatable bonds is 9. The van der Waals surface area contributed by atoms with Crippen LogP contribution in [0.3, 0.4) is 0 Å². The smallest absolute Gasteiger partial charge is 0.255 e. The molecule has 2 aliphatic rings. The van der Waals surface area contributed by atoms with Crippen LogP contribution in [0.4, 0.5) is 14.5 Å². The number of furan rings is 1. The summed E-state index contributed by atoms with van der Waals surface area (Å²) in [7, 11) is -2.49. The van der Waals surface area contributed by atoms with E-state index in [-0.39, 0.29) is 28.5 Å². The Morgan fingerprint density at radius 2 is 1.71 bits per heavy atom. The van der Waals surface area contributed by atoms with Gasteiger partial charge in [0.15, 0.2) is 0 Å². The van der Waals surface area contributed by atoms with E-state index in [0.717, 1.165) is 23.7 Å². The number of hydrogen-bond acceptors (Lipinski definition) is 6. The number of benzene rings is 3. The molecule has 0 unspecified atom stereocenters. The molecule has 2 amide bonds. The molecule has 0 spiro atoms. The Bertz CT molecular complexity index is 1860. The highest BCUT2D eigenvalue weighted by Crippen LogP contribution is 2.42. The number of anilines is 1. The van der Waals surface area contributed by atoms with Crippen LogP contribution in [0.15, 0.2) is 65.1 Å². The number of fused-ring (bicyclic) bond motifs is 1. The zero-order chi connectivity index (χ0) is 31.9. The van der Waals surface area contributed by atoms with Gasteiger partial charge in [-0.15, -0.1) is 0 Å². The minimum Gasteiger partial charge on any atom is -0.455 e. The SMILES string of the molecule is CNC(=O)c1c(-c2ccc(F)cc2)oc2cc(N(CCF)S(C)(=O)=O)c(-c3cccc(C(=O)N4CCN(C5CC5)CC4)c3)cc12. The molecule has 1 aliphatic heterocycles. The highest BCUT2D eigenvalue weighted by atomic mass is 32.2. The Morgan fingerprint density at radius 1 is 1.00 bits per heavy atom. The Morgan fingerprint density at radius 3 is 2.33 bits per heavy atom. The number of piperazine rings is 1. The third kappa shape index (κ3) is 6.16. The first-order valence-corrected chi connectivity index (χ1v) is 16.7. The third-order valence-electron chi connectivity index (χ3n) is 8.41. The number of halogens is 2. The Balaban J connectivity index is 1.49. The molecule has 1 saturated heterocycles. The molecule has 12 heteroatoms. The summed E-state index contributed by atoms with van der Waals surface area (Å²) in [6.45, 7) is 1.48. The van der Waals surface area contributed by atoms with E-state index in [0.29, 0.717) is 46.8 Å². The minimum atomic E-state index is -3.96. The Labute approximate surface area is 260 Å². The van der Waals surface area contributed by atoms with Crippen LogP contribution in [-0.2, 0) is 10.0 Å². The van der Waals surface area contributed by atoms with E-state index in [2.05, 4.69) is 10.2 Å². The van der Waals surface area contributed by atoms with E-state index < -0.39 is 35.0 Å². The highest BCUT2D eigenvalue weighted by molar-refractivity contribution is 7.92. The molecule has 9 nitrogen and oxygen atoms in total. The van der Waals surface area contributed by atoms with Gasteiger partial charge < -0.3 is 14.6 Å². The predicted molar refractivity (Wildman–Crippen MR) is 169 cm³/mol. The summed E-state index contributed by atoms with van der Waals surface area (Å²) in [5, 5.41) is 2.98. The fourth-order valence-corrected chi connectivity index (χ4v) is 6.91. The van der Waals surface area contributed by atoms with Gasteiger partial charge in [-0.2, -0.15) is 0 Å². The van der Waals surface area contributed by atoms with Crippen LogP contribution in [0.2, 0.25) is 0 Å². The molecule has 45 heavy (non-hydrogen) atoms. The summed E-state index contributed by atoms with van der Waals surface area (Å²) in [5.41, 5.74) is 2.23. The first kappa shape index (κ1) is 30.7. The van der Waals surface area contributed by atoms with Gasteiger partial charge in [-0.3, -0.25) is 18.8 Å². The molecule has 6 rings (SSSR count). The average molecular weight is 637 g/mol. The standard InChI is InChI=1S/C33H34F2N4O5S/c1-36-32(40)30-27-19-26(22-4-3-5-23(18-22)33(41)38-16-14-37(15-17-38)25-10-11-25)28(39(13-12-34)45(2,42)43)20-29(27)44-31(30)21-6-8-24(35)9-7-21/h3-9,18-20,25H,10-17H2,1-2H3,(H,36,40). The van der Waals surface area contributed by atoms with Crippen molar-refractivity contribution in [1.29, 1.82) is 0 Å². The molecule has 0 bridgehead atoms. The maximum atomic E-state index is 13.8. The van der Waals surface area contributed by atoms with Gasteiger partial charge >= 0.3 is 0 Å². The molecule has 0 radical (unpaired) electrons. The summed E-state index contributed by atoms with van der Waals surface area (Å²) in [6, 6.07) is 16.0. The van der Waals surface area contributed by atoms with Crippen LogP contribution in [0, 0.1) is 5.82 Å². The molecule has 2 heterocycles. The van der Waals surface area contributed by atoms with Gasteiger partial charge in [0.05, 0.1) is 24.1 Å². The fourth-order valence-electron chi connectivity index (χ4n) is 6.00. The molecule has 2 fully saturated rings. The molecule has 3 aromatic carbocycles. The molecule has 1 saturated carbocycles. The molecular weight excluding hydrogens is 602 g/mol. The largest absolute Gasteiger partial charge is 0.455 e. The lowest BCUT2D eigenvalue weighted by Gasteiger charge is -2.35. The van der Waals surface area contributed by atoms with Crippen molar-refractivity contribution >= 4 is 38.5 Å². The number of sulfonamides is 1. The summed E-state index contributed by atoms with van der Waals surface area (Å²) >= 11 is 0. The lowest BCUT2D eigenvalue weighted by molar-refractivity contribution is 0.0627. The zero-order valence-electron chi connectivity index (χ0n) is 25.1. The predicted octanol–water partition coefficient (Wildman–Crippen LogP) is 4.92. The van der Waals surface area contributed by atoms with Crippen molar-refractivity contribution in [3.8, 4) is 22.5 Å². The lowest BCUT2D eigenvalue weighted by Crippen LogP contribution is -2.49. The maximum absolute atomic E-state index is 13.8. The van der Waals surface area contributed by atoms with Gasteiger partial charge in [0.1, 0.15) is 23.8 Å². The first-order valence-electron chi connectivity index (χ1n) is 14.8. The highest BCUT2D eigenvalue weighted by Gasteiger charge is 2.33. The summed E-state index contributed by atoms with van der Waals surface area (Å²) in [6.07, 6.45) is 3.40. The van der Waals surface area contributed by atoms with Gasteiger partial charge in [-0.25, -0.2) is 17.2 Å². The number of alkyl halides is 1. The van der Waals surface area contributed by atoms with Gasteiger partial charge in [-0.05, 0) is 60.9 Å². The van der Waals surface area contributed by atoms with Crippen LogP contribution in [0.25, 0.3) is 33.4 Å². The molecular formula is C33H34F2N4O5S. The number of nitrogens with one attached hydrogen (secondary N) is 1. The van der Waals surface area contributed by atoms with Gasteiger partial charge in [-0.1, -0.05) is 12.1 Å². The second kappa shape index (κ2) is 12.2. The Kier molecular flexibility index (Phi) is 8.36. The van der Waals surface area contributed by atoms with Gasteiger partial charge in [0.25, 0.3) is 11.8 Å². The average Bonchev–Trinajstić information content (AvgIpc) is 3.83. The number of carbonyl (C=O) groups is 2. The first-order chi connectivity index (χ1) is 21.6. The van der Waals surface area contributed by atoms with Crippen LogP contribution >= 0.6 is 0 Å². The summed E-state index contributed by atoms with van der Waals surface area (Å²) in [5.74, 6) is -0.898. The normalized spacial score (nSPS) is 15.8. The molecule has 4 aromatic rings. The van der Waals surface area contributed by atoms with Crippen LogP contribution < -0.4 is 9.62 Å². The van der Waals surface area contributed by atoms with E-state index >= 15 is 0 Å². The van der Waals surface area contributed by atoms with Crippen molar-refractivity contribution < 1.29 is 31.2 Å². The van der Waals surface area contributed by atoms with Crippen molar-refractivity contribution in [1.82, 2.24) is 15.1 Å². The quantitative estimate of drug-likeness (QED) is 0.280. The maximum Gasteiger partial charge on any atom is 0.255 e. The van der Waals surface area contributed by atoms with E-state index in [9.17, 15) is 26.8 Å². The van der Waals surface area contributed by atoms with E-state index in [1.54, 1.807) is 30.3 Å². The second-order valence-electron chi connectivity index (χ2n) is 11.4. The second-order valence-corrected chi connectivity index (χ2v) is 13.3. The van der Waals surface area contributed by atoms with Crippen molar-refractivity contribution in [2.24, 2.45) is 0 Å².